The van der Waals surface area contributed by atoms with Gasteiger partial charge in [0.1, 0.15) is 0 Å². The monoisotopic (exact) mass is 196 g/mol. The smallest absolute Gasteiger partial charge is 0.315 e. The van der Waals surface area contributed by atoms with Crippen molar-refractivity contribution in [2.45, 2.75) is 38.3 Å². The fourth-order valence-electron chi connectivity index (χ4n) is 1.78. The quantitative estimate of drug-likeness (QED) is 0.756. The topological polar surface area (TPSA) is 63.0 Å². The molecule has 1 aliphatic carbocycles. The maximum atomic E-state index is 5.39. The second-order valence-electron chi connectivity index (χ2n) is 3.66. The van der Waals surface area contributed by atoms with Crippen LogP contribution in [0, 0.1) is 0 Å². The van der Waals surface area contributed by atoms with Crippen LogP contribution in [0.5, 0.6) is 0 Å². The molecule has 0 amide bonds. The Bertz CT molecular complexity index is 280. The minimum Gasteiger partial charge on any atom is -0.407 e. The molecule has 0 unspecified atom stereocenters. The van der Waals surface area contributed by atoms with Crippen LogP contribution in [0.3, 0.4) is 0 Å². The standard InChI is InChI=1S/C9H16N4O/c1-10-6-8-12-13-9(14-8)11-7-4-2-3-5-7/h7,10H,2-6H2,1H3,(H,11,13). The molecule has 0 aliphatic heterocycles. The number of hydrogen-bond acceptors (Lipinski definition) is 5. The Morgan fingerprint density at radius 1 is 1.36 bits per heavy atom. The second-order valence-corrected chi connectivity index (χ2v) is 3.66. The van der Waals surface area contributed by atoms with E-state index < -0.39 is 0 Å². The molecule has 5 heteroatoms. The van der Waals surface area contributed by atoms with Crippen molar-refractivity contribution in [2.75, 3.05) is 12.4 Å². The Morgan fingerprint density at radius 3 is 2.86 bits per heavy atom. The van der Waals surface area contributed by atoms with Crippen LogP contribution < -0.4 is 10.6 Å². The number of nitrogens with zero attached hydrogens (tertiary/aromatic N) is 2. The van der Waals surface area contributed by atoms with Gasteiger partial charge in [-0.15, -0.1) is 5.10 Å². The first kappa shape index (κ1) is 9.45. The molecule has 0 aromatic carbocycles. The highest BCUT2D eigenvalue weighted by Crippen LogP contribution is 2.21. The van der Waals surface area contributed by atoms with Gasteiger partial charge >= 0.3 is 6.01 Å². The average molecular weight is 196 g/mol. The van der Waals surface area contributed by atoms with E-state index in [1.807, 2.05) is 7.05 Å². The van der Waals surface area contributed by atoms with E-state index in [1.54, 1.807) is 0 Å². The normalized spacial score (nSPS) is 17.5. The van der Waals surface area contributed by atoms with Crippen LogP contribution in [0.2, 0.25) is 0 Å². The SMILES string of the molecule is CNCc1nnc(NC2CCCC2)o1. The van der Waals surface area contributed by atoms with Crippen LogP contribution in [0.1, 0.15) is 31.6 Å². The zero-order valence-electron chi connectivity index (χ0n) is 8.42. The molecule has 0 saturated heterocycles. The summed E-state index contributed by atoms with van der Waals surface area (Å²) in [6.07, 6.45) is 5.03. The summed E-state index contributed by atoms with van der Waals surface area (Å²) < 4.78 is 5.39. The Hall–Kier alpha value is -1.10. The van der Waals surface area contributed by atoms with Crippen molar-refractivity contribution < 1.29 is 4.42 Å². The molecule has 0 spiro atoms. The van der Waals surface area contributed by atoms with Crippen LogP contribution in [-0.2, 0) is 6.54 Å². The maximum Gasteiger partial charge on any atom is 0.315 e. The Kier molecular flexibility index (Phi) is 2.98. The van der Waals surface area contributed by atoms with Crippen molar-refractivity contribution >= 4 is 6.01 Å². The molecule has 14 heavy (non-hydrogen) atoms. The zero-order valence-corrected chi connectivity index (χ0v) is 8.42. The third-order valence-corrected chi connectivity index (χ3v) is 2.48. The van der Waals surface area contributed by atoms with E-state index in [9.17, 15) is 0 Å². The molecular formula is C9H16N4O. The van der Waals surface area contributed by atoms with Gasteiger partial charge in [0.2, 0.25) is 5.89 Å². The van der Waals surface area contributed by atoms with Crippen LogP contribution in [-0.4, -0.2) is 23.3 Å². The third kappa shape index (κ3) is 2.23. The van der Waals surface area contributed by atoms with Crippen LogP contribution >= 0.6 is 0 Å². The largest absolute Gasteiger partial charge is 0.407 e. The number of nitrogens with one attached hydrogen (secondary N) is 2. The van der Waals surface area contributed by atoms with Crippen LogP contribution in [0.15, 0.2) is 4.42 Å². The molecule has 0 radical (unpaired) electrons. The summed E-state index contributed by atoms with van der Waals surface area (Å²) in [7, 11) is 1.86. The number of hydrogen-bond donors (Lipinski definition) is 2. The van der Waals surface area contributed by atoms with Gasteiger partial charge < -0.3 is 15.1 Å². The lowest BCUT2D eigenvalue weighted by molar-refractivity contribution is 0.484. The molecule has 78 valence electrons. The van der Waals surface area contributed by atoms with Gasteiger partial charge in [0.15, 0.2) is 0 Å². The number of aromatic nitrogens is 2. The number of rotatable bonds is 4. The fourth-order valence-corrected chi connectivity index (χ4v) is 1.78. The molecular weight excluding hydrogens is 180 g/mol. The molecule has 1 saturated carbocycles. The fraction of sp³-hybridized carbons (Fsp3) is 0.778. The van der Waals surface area contributed by atoms with Gasteiger partial charge in [-0.2, -0.15) is 0 Å². The van der Waals surface area contributed by atoms with E-state index in [0.717, 1.165) is 0 Å². The van der Waals surface area contributed by atoms with E-state index in [-0.39, 0.29) is 0 Å². The van der Waals surface area contributed by atoms with Gasteiger partial charge in [-0.05, 0) is 19.9 Å². The minimum absolute atomic E-state index is 0.526. The highest BCUT2D eigenvalue weighted by molar-refractivity contribution is 5.19. The Balaban J connectivity index is 1.88. The van der Waals surface area contributed by atoms with E-state index in [4.69, 9.17) is 4.42 Å². The van der Waals surface area contributed by atoms with Gasteiger partial charge in [-0.3, -0.25) is 0 Å². The van der Waals surface area contributed by atoms with E-state index in [1.165, 1.54) is 25.7 Å². The van der Waals surface area contributed by atoms with Crippen molar-refractivity contribution in [3.05, 3.63) is 5.89 Å². The predicted octanol–water partition coefficient (Wildman–Crippen LogP) is 1.14. The summed E-state index contributed by atoms with van der Waals surface area (Å²) in [5.41, 5.74) is 0. The van der Waals surface area contributed by atoms with Crippen molar-refractivity contribution in [3.8, 4) is 0 Å². The highest BCUT2D eigenvalue weighted by Gasteiger charge is 2.16. The van der Waals surface area contributed by atoms with Crippen molar-refractivity contribution in [1.82, 2.24) is 15.5 Å². The Morgan fingerprint density at radius 2 is 2.14 bits per heavy atom. The average Bonchev–Trinajstić information content (AvgIpc) is 2.79. The summed E-state index contributed by atoms with van der Waals surface area (Å²) >= 11 is 0. The van der Waals surface area contributed by atoms with Crippen LogP contribution in [0.25, 0.3) is 0 Å². The first-order chi connectivity index (χ1) is 6.88. The van der Waals surface area contributed by atoms with Crippen molar-refractivity contribution in [1.29, 1.82) is 0 Å². The molecule has 0 atom stereocenters. The maximum absolute atomic E-state index is 5.39. The van der Waals surface area contributed by atoms with Gasteiger partial charge in [0, 0.05) is 6.04 Å². The first-order valence-corrected chi connectivity index (χ1v) is 5.12. The molecule has 1 heterocycles. The highest BCUT2D eigenvalue weighted by atomic mass is 16.4. The first-order valence-electron chi connectivity index (χ1n) is 5.12. The summed E-state index contributed by atoms with van der Waals surface area (Å²) in [5, 5.41) is 14.1. The molecule has 1 aromatic heterocycles. The molecule has 5 nitrogen and oxygen atoms in total. The predicted molar refractivity (Wildman–Crippen MR) is 52.9 cm³/mol. The van der Waals surface area contributed by atoms with Gasteiger partial charge in [-0.1, -0.05) is 17.9 Å². The summed E-state index contributed by atoms with van der Waals surface area (Å²) in [5.74, 6) is 0.632. The summed E-state index contributed by atoms with van der Waals surface area (Å²) in [6.45, 7) is 0.624. The molecule has 1 fully saturated rings. The third-order valence-electron chi connectivity index (χ3n) is 2.48. The summed E-state index contributed by atoms with van der Waals surface area (Å²) in [6, 6.07) is 1.08. The molecule has 1 aliphatic rings. The van der Waals surface area contributed by atoms with Crippen molar-refractivity contribution in [2.24, 2.45) is 0 Å². The van der Waals surface area contributed by atoms with Gasteiger partial charge in [-0.25, -0.2) is 0 Å². The molecule has 1 aromatic rings. The molecule has 2 N–H and O–H groups in total. The zero-order chi connectivity index (χ0) is 9.80. The minimum atomic E-state index is 0.526. The van der Waals surface area contributed by atoms with Crippen molar-refractivity contribution in [3.63, 3.8) is 0 Å². The van der Waals surface area contributed by atoms with E-state index >= 15 is 0 Å². The van der Waals surface area contributed by atoms with Gasteiger partial charge in [0.05, 0.1) is 6.54 Å². The van der Waals surface area contributed by atoms with E-state index in [2.05, 4.69) is 20.8 Å². The van der Waals surface area contributed by atoms with Crippen LogP contribution in [0.4, 0.5) is 6.01 Å². The lowest BCUT2D eigenvalue weighted by Crippen LogP contribution is -2.14. The number of anilines is 1. The summed E-state index contributed by atoms with van der Waals surface area (Å²) in [4.78, 5) is 0. The lowest BCUT2D eigenvalue weighted by Gasteiger charge is -2.07. The Labute approximate surface area is 83.3 Å². The molecule has 2 rings (SSSR count). The lowest BCUT2D eigenvalue weighted by atomic mass is 10.3. The second kappa shape index (κ2) is 4.41. The van der Waals surface area contributed by atoms with Gasteiger partial charge in [0.25, 0.3) is 0 Å². The molecule has 0 bridgehead atoms. The van der Waals surface area contributed by atoms with E-state index in [0.29, 0.717) is 24.5 Å².